The number of hydrogen-bond donors (Lipinski definition) is 1. The molecule has 0 saturated carbocycles. The lowest BCUT2D eigenvalue weighted by atomic mass is 10.0. The minimum atomic E-state index is 0. The maximum atomic E-state index is 12.3. The largest absolute Gasteiger partial charge is 0.345 e. The zero-order chi connectivity index (χ0) is 14.7. The quantitative estimate of drug-likeness (QED) is 0.940. The summed E-state index contributed by atoms with van der Waals surface area (Å²) in [5.74, 6) is 0.447. The molecule has 1 saturated heterocycles. The van der Waals surface area contributed by atoms with Gasteiger partial charge in [0.15, 0.2) is 0 Å². The van der Waals surface area contributed by atoms with E-state index in [4.69, 9.17) is 0 Å². The number of nitrogens with one attached hydrogen (secondary N) is 1. The van der Waals surface area contributed by atoms with Crippen molar-refractivity contribution in [3.63, 3.8) is 0 Å². The van der Waals surface area contributed by atoms with E-state index in [1.54, 1.807) is 0 Å². The number of benzene rings is 2. The van der Waals surface area contributed by atoms with Gasteiger partial charge >= 0.3 is 0 Å². The summed E-state index contributed by atoms with van der Waals surface area (Å²) in [6.45, 7) is 2.58. The molecule has 1 fully saturated rings. The molecule has 0 bridgehead atoms. The van der Waals surface area contributed by atoms with Crippen LogP contribution in [0.1, 0.15) is 12.0 Å². The Balaban J connectivity index is 0.00000176. The molecule has 1 heterocycles. The predicted molar refractivity (Wildman–Crippen MR) is 93.5 cm³/mol. The molecule has 1 aliphatic heterocycles. The molecule has 22 heavy (non-hydrogen) atoms. The van der Waals surface area contributed by atoms with E-state index in [9.17, 15) is 4.79 Å². The minimum absolute atomic E-state index is 0. The van der Waals surface area contributed by atoms with Crippen molar-refractivity contribution in [1.29, 1.82) is 0 Å². The Morgan fingerprint density at radius 1 is 1.23 bits per heavy atom. The normalized spacial score (nSPS) is 17.2. The Morgan fingerprint density at radius 2 is 2.00 bits per heavy atom. The molecule has 1 amide bonds. The van der Waals surface area contributed by atoms with E-state index in [2.05, 4.69) is 47.8 Å². The zero-order valence-electron chi connectivity index (χ0n) is 12.9. The van der Waals surface area contributed by atoms with Gasteiger partial charge in [-0.1, -0.05) is 42.5 Å². The molecule has 0 aliphatic carbocycles. The van der Waals surface area contributed by atoms with Crippen LogP contribution in [0.3, 0.4) is 0 Å². The average Bonchev–Trinajstić information content (AvgIpc) is 3.06. The van der Waals surface area contributed by atoms with Crippen LogP contribution in [0.25, 0.3) is 10.8 Å². The molecule has 3 rings (SSSR count). The smallest absolute Gasteiger partial charge is 0.226 e. The molecule has 1 unspecified atom stereocenters. The van der Waals surface area contributed by atoms with Crippen LogP contribution in [-0.2, 0) is 11.2 Å². The summed E-state index contributed by atoms with van der Waals surface area (Å²) >= 11 is 0. The van der Waals surface area contributed by atoms with Crippen LogP contribution >= 0.6 is 12.4 Å². The Bertz CT molecular complexity index is 633. The van der Waals surface area contributed by atoms with Crippen molar-refractivity contribution in [3.8, 4) is 0 Å². The Hall–Kier alpha value is -1.58. The van der Waals surface area contributed by atoms with Crippen LogP contribution in [0.2, 0.25) is 0 Å². The summed E-state index contributed by atoms with van der Waals surface area (Å²) in [5.41, 5.74) is 1.32. The number of amides is 1. The number of likely N-dealkylation sites (N-methyl/N-ethyl adjacent to an activating group) is 1. The SMILES string of the molecule is CN(CCc1cccc2ccccc12)C(=O)C1CCNC1.Cl. The fraction of sp³-hybridized carbons (Fsp3) is 0.389. The fourth-order valence-electron chi connectivity index (χ4n) is 3.09. The molecule has 0 spiro atoms. The van der Waals surface area contributed by atoms with E-state index in [0.717, 1.165) is 32.5 Å². The summed E-state index contributed by atoms with van der Waals surface area (Å²) in [7, 11) is 1.92. The van der Waals surface area contributed by atoms with Crippen LogP contribution in [0.5, 0.6) is 0 Å². The van der Waals surface area contributed by atoms with Gasteiger partial charge in [-0.05, 0) is 35.7 Å². The molecule has 0 aromatic heterocycles. The third-order valence-corrected chi connectivity index (χ3v) is 4.38. The van der Waals surface area contributed by atoms with Crippen molar-refractivity contribution in [1.82, 2.24) is 10.2 Å². The fourth-order valence-corrected chi connectivity index (χ4v) is 3.09. The second kappa shape index (κ2) is 7.61. The first kappa shape index (κ1) is 16.8. The molecule has 2 aromatic rings. The van der Waals surface area contributed by atoms with Crippen molar-refractivity contribution < 1.29 is 4.79 Å². The average molecular weight is 319 g/mol. The van der Waals surface area contributed by atoms with Crippen molar-refractivity contribution in [2.45, 2.75) is 12.8 Å². The molecule has 2 aromatic carbocycles. The first-order valence-electron chi connectivity index (χ1n) is 7.68. The molecular formula is C18H23ClN2O. The van der Waals surface area contributed by atoms with E-state index in [0.29, 0.717) is 0 Å². The second-order valence-corrected chi connectivity index (χ2v) is 5.84. The van der Waals surface area contributed by atoms with Gasteiger partial charge in [0, 0.05) is 20.1 Å². The van der Waals surface area contributed by atoms with Crippen LogP contribution in [-0.4, -0.2) is 37.5 Å². The molecule has 1 atom stereocenters. The first-order chi connectivity index (χ1) is 10.3. The second-order valence-electron chi connectivity index (χ2n) is 5.84. The van der Waals surface area contributed by atoms with E-state index in [-0.39, 0.29) is 24.2 Å². The highest BCUT2D eigenvalue weighted by Gasteiger charge is 2.24. The van der Waals surface area contributed by atoms with Crippen LogP contribution < -0.4 is 5.32 Å². The number of nitrogens with zero attached hydrogens (tertiary/aromatic N) is 1. The van der Waals surface area contributed by atoms with E-state index in [1.807, 2.05) is 11.9 Å². The highest BCUT2D eigenvalue weighted by molar-refractivity contribution is 5.86. The number of carbonyl (C=O) groups is 1. The van der Waals surface area contributed by atoms with Gasteiger partial charge in [0.2, 0.25) is 5.91 Å². The number of halogens is 1. The standard InChI is InChI=1S/C18H22N2O.ClH/c1-20(18(21)16-9-11-19-13-16)12-10-15-7-4-6-14-5-2-3-8-17(14)15;/h2-8,16,19H,9-13H2,1H3;1H. The third kappa shape index (κ3) is 3.60. The summed E-state index contributed by atoms with van der Waals surface area (Å²) in [6.07, 6.45) is 1.88. The molecule has 3 nitrogen and oxygen atoms in total. The minimum Gasteiger partial charge on any atom is -0.345 e. The first-order valence-corrected chi connectivity index (χ1v) is 7.68. The molecule has 0 radical (unpaired) electrons. The van der Waals surface area contributed by atoms with Gasteiger partial charge in [-0.25, -0.2) is 0 Å². The molecule has 1 N–H and O–H groups in total. The highest BCUT2D eigenvalue weighted by Crippen LogP contribution is 2.19. The van der Waals surface area contributed by atoms with E-state index >= 15 is 0 Å². The van der Waals surface area contributed by atoms with Crippen LogP contribution in [0.15, 0.2) is 42.5 Å². The van der Waals surface area contributed by atoms with Crippen LogP contribution in [0, 0.1) is 5.92 Å². The van der Waals surface area contributed by atoms with Crippen LogP contribution in [0.4, 0.5) is 0 Å². The van der Waals surface area contributed by atoms with E-state index < -0.39 is 0 Å². The summed E-state index contributed by atoms with van der Waals surface area (Å²) in [5, 5.41) is 5.82. The Morgan fingerprint density at radius 3 is 2.77 bits per heavy atom. The van der Waals surface area contributed by atoms with Crippen molar-refractivity contribution >= 4 is 29.1 Å². The van der Waals surface area contributed by atoms with Crippen molar-refractivity contribution in [2.75, 3.05) is 26.7 Å². The lowest BCUT2D eigenvalue weighted by Crippen LogP contribution is -2.35. The molecule has 4 heteroatoms. The number of fused-ring (bicyclic) bond motifs is 1. The molecule has 1 aliphatic rings. The Labute approximate surface area is 138 Å². The van der Waals surface area contributed by atoms with Gasteiger partial charge in [0.05, 0.1) is 5.92 Å². The number of carbonyl (C=O) groups excluding carboxylic acids is 1. The maximum Gasteiger partial charge on any atom is 0.226 e. The lowest BCUT2D eigenvalue weighted by molar-refractivity contribution is -0.133. The third-order valence-electron chi connectivity index (χ3n) is 4.38. The maximum absolute atomic E-state index is 12.3. The predicted octanol–water partition coefficient (Wildman–Crippen LogP) is 2.87. The summed E-state index contributed by atoms with van der Waals surface area (Å²) in [6, 6.07) is 14.8. The molecule has 118 valence electrons. The lowest BCUT2D eigenvalue weighted by Gasteiger charge is -2.21. The van der Waals surface area contributed by atoms with Gasteiger partial charge < -0.3 is 10.2 Å². The number of hydrogen-bond acceptors (Lipinski definition) is 2. The van der Waals surface area contributed by atoms with Gasteiger partial charge in [-0.2, -0.15) is 0 Å². The van der Waals surface area contributed by atoms with E-state index in [1.165, 1.54) is 16.3 Å². The Kier molecular flexibility index (Phi) is 5.81. The highest BCUT2D eigenvalue weighted by atomic mass is 35.5. The van der Waals surface area contributed by atoms with Gasteiger partial charge in [0.1, 0.15) is 0 Å². The summed E-state index contributed by atoms with van der Waals surface area (Å²) in [4.78, 5) is 14.2. The van der Waals surface area contributed by atoms with Crippen molar-refractivity contribution in [3.05, 3.63) is 48.0 Å². The molecular weight excluding hydrogens is 296 g/mol. The van der Waals surface area contributed by atoms with Crippen molar-refractivity contribution in [2.24, 2.45) is 5.92 Å². The van der Waals surface area contributed by atoms with Gasteiger partial charge in [-0.3, -0.25) is 4.79 Å². The zero-order valence-corrected chi connectivity index (χ0v) is 13.7. The topological polar surface area (TPSA) is 32.3 Å². The summed E-state index contributed by atoms with van der Waals surface area (Å²) < 4.78 is 0. The number of rotatable bonds is 4. The van der Waals surface area contributed by atoms with Gasteiger partial charge in [0.25, 0.3) is 0 Å². The monoisotopic (exact) mass is 318 g/mol. The van der Waals surface area contributed by atoms with Gasteiger partial charge in [-0.15, -0.1) is 12.4 Å².